The van der Waals surface area contributed by atoms with E-state index in [0.717, 1.165) is 60.1 Å². The molecule has 1 aliphatic rings. The van der Waals surface area contributed by atoms with E-state index in [4.69, 9.17) is 21.1 Å². The number of nitrogens with zero attached hydrogens (tertiary/aromatic N) is 2. The average Bonchev–Trinajstić information content (AvgIpc) is 2.79. The molecule has 1 saturated heterocycles. The van der Waals surface area contributed by atoms with Crippen LogP contribution in [-0.4, -0.2) is 65.4 Å². The molecule has 0 saturated carbocycles. The molecule has 1 N–H and O–H groups in total. The molecule has 1 unspecified atom stereocenters. The summed E-state index contributed by atoms with van der Waals surface area (Å²) in [5.74, 6) is 1.66. The summed E-state index contributed by atoms with van der Waals surface area (Å²) in [6.07, 6.45) is 1.69. The third kappa shape index (κ3) is 8.11. The van der Waals surface area contributed by atoms with E-state index < -0.39 is 5.60 Å². The van der Waals surface area contributed by atoms with Gasteiger partial charge in [0.1, 0.15) is 30.3 Å². The first kappa shape index (κ1) is 27.8. The Morgan fingerprint density at radius 2 is 1.63 bits per heavy atom. The zero-order valence-electron chi connectivity index (χ0n) is 22.3. The van der Waals surface area contributed by atoms with Crippen LogP contribution in [0.4, 0.5) is 0 Å². The number of likely N-dealkylation sites (tertiary alicyclic amines) is 1. The van der Waals surface area contributed by atoms with Gasteiger partial charge in [0, 0.05) is 36.7 Å². The zero-order chi connectivity index (χ0) is 25.6. The van der Waals surface area contributed by atoms with Crippen LogP contribution in [-0.2, 0) is 6.54 Å². The van der Waals surface area contributed by atoms with Crippen molar-refractivity contribution < 1.29 is 14.6 Å². The van der Waals surface area contributed by atoms with Crippen molar-refractivity contribution in [1.82, 2.24) is 9.80 Å². The zero-order valence-corrected chi connectivity index (χ0v) is 23.1. The minimum Gasteiger partial charge on any atom is -0.492 e. The molecule has 5 nitrogen and oxygen atoms in total. The van der Waals surface area contributed by atoms with Gasteiger partial charge < -0.3 is 14.6 Å². The molecule has 6 heteroatoms. The van der Waals surface area contributed by atoms with E-state index in [2.05, 4.69) is 61.8 Å². The Morgan fingerprint density at radius 1 is 1.00 bits per heavy atom. The van der Waals surface area contributed by atoms with E-state index in [1.165, 1.54) is 5.56 Å². The highest BCUT2D eigenvalue weighted by Gasteiger charge is 2.34. The molecule has 35 heavy (non-hydrogen) atoms. The SMILES string of the molecule is Cc1cc(OCC2(O)CCCN(Cc3ccc(OCCN(C(C)C)C(C)C)cc3)C2)cc(C)c1Cl. The molecular formula is C29H43ClN2O3. The van der Waals surface area contributed by atoms with Gasteiger partial charge in [-0.2, -0.15) is 0 Å². The highest BCUT2D eigenvalue weighted by Crippen LogP contribution is 2.28. The summed E-state index contributed by atoms with van der Waals surface area (Å²) in [5, 5.41) is 12.0. The Bertz CT molecular complexity index is 916. The van der Waals surface area contributed by atoms with Crippen LogP contribution in [0.3, 0.4) is 0 Å². The molecular weight excluding hydrogens is 460 g/mol. The molecule has 1 atom stereocenters. The first-order chi connectivity index (χ1) is 16.6. The second-order valence-electron chi connectivity index (χ2n) is 10.6. The van der Waals surface area contributed by atoms with Gasteiger partial charge >= 0.3 is 0 Å². The van der Waals surface area contributed by atoms with E-state index in [1.807, 2.05) is 26.0 Å². The summed E-state index contributed by atoms with van der Waals surface area (Å²) < 4.78 is 12.0. The van der Waals surface area contributed by atoms with Gasteiger partial charge in [-0.3, -0.25) is 9.80 Å². The molecule has 1 fully saturated rings. The standard InChI is InChI=1S/C29H43ClN2O3/c1-21(2)32(22(3)4)14-15-34-26-10-8-25(9-11-26)18-31-13-7-12-29(33,19-31)20-35-27-16-23(5)28(30)24(6)17-27/h8-11,16-17,21-22,33H,7,12-15,18-20H2,1-6H3. The van der Waals surface area contributed by atoms with Crippen molar-refractivity contribution in [3.05, 3.63) is 58.1 Å². The van der Waals surface area contributed by atoms with Crippen LogP contribution in [0.15, 0.2) is 36.4 Å². The lowest BCUT2D eigenvalue weighted by molar-refractivity contribution is -0.0621. The molecule has 194 valence electrons. The number of benzene rings is 2. The van der Waals surface area contributed by atoms with Crippen LogP contribution >= 0.6 is 11.6 Å². The number of hydrogen-bond acceptors (Lipinski definition) is 5. The van der Waals surface area contributed by atoms with Crippen molar-refractivity contribution in [1.29, 1.82) is 0 Å². The maximum absolute atomic E-state index is 11.2. The van der Waals surface area contributed by atoms with Crippen molar-refractivity contribution in [2.24, 2.45) is 0 Å². The number of ether oxygens (including phenoxy) is 2. The van der Waals surface area contributed by atoms with Gasteiger partial charge in [0.15, 0.2) is 0 Å². The summed E-state index contributed by atoms with van der Waals surface area (Å²) in [7, 11) is 0. The number of halogens is 1. The van der Waals surface area contributed by atoms with Gasteiger partial charge in [-0.15, -0.1) is 0 Å². The lowest BCUT2D eigenvalue weighted by atomic mass is 9.93. The summed E-state index contributed by atoms with van der Waals surface area (Å²) in [6, 6.07) is 13.2. The molecule has 1 aliphatic heterocycles. The maximum Gasteiger partial charge on any atom is 0.120 e. The van der Waals surface area contributed by atoms with Crippen molar-refractivity contribution in [3.8, 4) is 11.5 Å². The van der Waals surface area contributed by atoms with Crippen LogP contribution in [0.25, 0.3) is 0 Å². The normalized spacial score (nSPS) is 19.1. The first-order valence-corrected chi connectivity index (χ1v) is 13.3. The molecule has 0 spiro atoms. The molecule has 0 amide bonds. The Morgan fingerprint density at radius 3 is 2.23 bits per heavy atom. The van der Waals surface area contributed by atoms with Crippen molar-refractivity contribution >= 4 is 11.6 Å². The number of aliphatic hydroxyl groups is 1. The number of rotatable bonds is 11. The average molecular weight is 503 g/mol. The van der Waals surface area contributed by atoms with E-state index in [-0.39, 0.29) is 6.61 Å². The van der Waals surface area contributed by atoms with E-state index >= 15 is 0 Å². The predicted molar refractivity (Wildman–Crippen MR) is 145 cm³/mol. The molecule has 1 heterocycles. The summed E-state index contributed by atoms with van der Waals surface area (Å²) in [4.78, 5) is 4.75. The number of β-amino-alcohol motifs (C(OH)–C–C–N with tert-alkyl or cyclic N) is 1. The number of aryl methyl sites for hydroxylation is 2. The molecule has 0 aromatic heterocycles. The smallest absolute Gasteiger partial charge is 0.120 e. The fourth-order valence-electron chi connectivity index (χ4n) is 5.00. The molecule has 0 bridgehead atoms. The van der Waals surface area contributed by atoms with Gasteiger partial charge in [0.05, 0.1) is 0 Å². The lowest BCUT2D eigenvalue weighted by Crippen LogP contribution is -2.51. The Labute approximate surface area is 217 Å². The van der Waals surface area contributed by atoms with Gasteiger partial charge in [-0.25, -0.2) is 0 Å². The fraction of sp³-hybridized carbons (Fsp3) is 0.586. The predicted octanol–water partition coefficient (Wildman–Crippen LogP) is 5.86. The fourth-order valence-corrected chi connectivity index (χ4v) is 5.11. The Kier molecular flexibility index (Phi) is 9.88. The quantitative estimate of drug-likeness (QED) is 0.417. The van der Waals surface area contributed by atoms with Gasteiger partial charge in [-0.1, -0.05) is 23.7 Å². The molecule has 2 aromatic carbocycles. The van der Waals surface area contributed by atoms with Crippen molar-refractivity contribution in [2.75, 3.05) is 32.8 Å². The van der Waals surface area contributed by atoms with E-state index in [0.29, 0.717) is 25.2 Å². The summed E-state index contributed by atoms with van der Waals surface area (Å²) >= 11 is 6.27. The van der Waals surface area contributed by atoms with Gasteiger partial charge in [-0.05, 0) is 102 Å². The summed E-state index contributed by atoms with van der Waals surface area (Å²) in [6.45, 7) is 17.1. The molecule has 2 aromatic rings. The number of piperidine rings is 1. The number of hydrogen-bond donors (Lipinski definition) is 1. The Hall–Kier alpha value is -1.79. The van der Waals surface area contributed by atoms with Crippen LogP contribution < -0.4 is 9.47 Å². The minimum absolute atomic E-state index is 0.278. The van der Waals surface area contributed by atoms with Crippen LogP contribution in [0.1, 0.15) is 57.2 Å². The Balaban J connectivity index is 1.49. The molecule has 3 rings (SSSR count). The molecule has 0 aliphatic carbocycles. The second kappa shape index (κ2) is 12.4. The third-order valence-electron chi connectivity index (χ3n) is 6.83. The maximum atomic E-state index is 11.2. The summed E-state index contributed by atoms with van der Waals surface area (Å²) in [5.41, 5.74) is 2.34. The first-order valence-electron chi connectivity index (χ1n) is 12.9. The molecule has 0 radical (unpaired) electrons. The minimum atomic E-state index is -0.860. The van der Waals surface area contributed by atoms with Gasteiger partial charge in [0.2, 0.25) is 0 Å². The topological polar surface area (TPSA) is 45.2 Å². The van der Waals surface area contributed by atoms with E-state index in [9.17, 15) is 5.11 Å². The highest BCUT2D eigenvalue weighted by molar-refractivity contribution is 6.32. The van der Waals surface area contributed by atoms with Crippen LogP contribution in [0, 0.1) is 13.8 Å². The highest BCUT2D eigenvalue weighted by atomic mass is 35.5. The third-order valence-corrected chi connectivity index (χ3v) is 7.42. The van der Waals surface area contributed by atoms with Crippen LogP contribution in [0.2, 0.25) is 5.02 Å². The van der Waals surface area contributed by atoms with E-state index in [1.54, 1.807) is 0 Å². The van der Waals surface area contributed by atoms with Gasteiger partial charge in [0.25, 0.3) is 0 Å². The lowest BCUT2D eigenvalue weighted by Gasteiger charge is -2.39. The largest absolute Gasteiger partial charge is 0.492 e. The second-order valence-corrected chi connectivity index (χ2v) is 11.0. The van der Waals surface area contributed by atoms with Crippen LogP contribution in [0.5, 0.6) is 11.5 Å². The van der Waals surface area contributed by atoms with Crippen molar-refractivity contribution in [3.63, 3.8) is 0 Å². The monoisotopic (exact) mass is 502 g/mol. The van der Waals surface area contributed by atoms with Crippen molar-refractivity contribution in [2.45, 2.75) is 78.6 Å².